The summed E-state index contributed by atoms with van der Waals surface area (Å²) in [5, 5.41) is 3.33. The van der Waals surface area contributed by atoms with Crippen LogP contribution in [-0.4, -0.2) is 11.8 Å². The van der Waals surface area contributed by atoms with Crippen LogP contribution in [0.2, 0.25) is 0 Å². The third-order valence-electron chi connectivity index (χ3n) is 2.04. The van der Waals surface area contributed by atoms with Crippen molar-refractivity contribution in [2.45, 2.75) is 37.8 Å². The largest absolute Gasteiger partial charge is 0.308 e. The van der Waals surface area contributed by atoms with Gasteiger partial charge >= 0.3 is 0 Å². The molecule has 15 heavy (non-hydrogen) atoms. The van der Waals surface area contributed by atoms with Crippen molar-refractivity contribution in [2.75, 3.05) is 6.26 Å². The van der Waals surface area contributed by atoms with Gasteiger partial charge in [0, 0.05) is 17.0 Å². The fraction of sp³-hybridized carbons (Fsp3) is 0.500. The van der Waals surface area contributed by atoms with Crippen LogP contribution in [-0.2, 0) is 6.54 Å². The lowest BCUT2D eigenvalue weighted by Gasteiger charge is -2.20. The van der Waals surface area contributed by atoms with Crippen molar-refractivity contribution in [2.24, 2.45) is 0 Å². The number of hydrogen-bond donors (Lipinski definition) is 1. The van der Waals surface area contributed by atoms with E-state index in [9.17, 15) is 4.39 Å². The zero-order valence-electron chi connectivity index (χ0n) is 9.73. The van der Waals surface area contributed by atoms with Crippen molar-refractivity contribution < 1.29 is 4.39 Å². The minimum atomic E-state index is -0.129. The molecule has 0 atom stereocenters. The summed E-state index contributed by atoms with van der Waals surface area (Å²) in [6.45, 7) is 6.99. The molecule has 1 aromatic carbocycles. The van der Waals surface area contributed by atoms with Gasteiger partial charge in [-0.2, -0.15) is 0 Å². The molecule has 1 N–H and O–H groups in total. The quantitative estimate of drug-likeness (QED) is 0.794. The Morgan fingerprint density at radius 2 is 2.00 bits per heavy atom. The SMILES string of the molecule is CSc1ccc(CNC(C)(C)C)cc1F. The van der Waals surface area contributed by atoms with Crippen LogP contribution in [0.1, 0.15) is 26.3 Å². The van der Waals surface area contributed by atoms with E-state index < -0.39 is 0 Å². The molecule has 0 amide bonds. The van der Waals surface area contributed by atoms with E-state index in [-0.39, 0.29) is 11.4 Å². The van der Waals surface area contributed by atoms with E-state index in [4.69, 9.17) is 0 Å². The summed E-state index contributed by atoms with van der Waals surface area (Å²) in [6.07, 6.45) is 1.88. The van der Waals surface area contributed by atoms with Crippen molar-refractivity contribution in [1.29, 1.82) is 0 Å². The van der Waals surface area contributed by atoms with Crippen LogP contribution in [0.4, 0.5) is 4.39 Å². The number of thioether (sulfide) groups is 1. The van der Waals surface area contributed by atoms with Crippen molar-refractivity contribution in [3.8, 4) is 0 Å². The van der Waals surface area contributed by atoms with Crippen LogP contribution < -0.4 is 5.32 Å². The van der Waals surface area contributed by atoms with Crippen molar-refractivity contribution in [3.05, 3.63) is 29.6 Å². The van der Waals surface area contributed by atoms with E-state index in [2.05, 4.69) is 26.1 Å². The minimum absolute atomic E-state index is 0.0641. The summed E-state index contributed by atoms with van der Waals surface area (Å²) < 4.78 is 13.4. The number of hydrogen-bond acceptors (Lipinski definition) is 2. The van der Waals surface area contributed by atoms with Gasteiger partial charge in [-0.25, -0.2) is 4.39 Å². The maximum atomic E-state index is 13.4. The molecule has 0 unspecified atom stereocenters. The van der Waals surface area contributed by atoms with Gasteiger partial charge < -0.3 is 5.32 Å². The average molecular weight is 227 g/mol. The van der Waals surface area contributed by atoms with Gasteiger partial charge in [-0.15, -0.1) is 11.8 Å². The fourth-order valence-electron chi connectivity index (χ4n) is 1.19. The summed E-state index contributed by atoms with van der Waals surface area (Å²) in [4.78, 5) is 0.703. The van der Waals surface area contributed by atoms with Crippen LogP contribution in [0.25, 0.3) is 0 Å². The molecule has 0 bridgehead atoms. The monoisotopic (exact) mass is 227 g/mol. The lowest BCUT2D eigenvalue weighted by atomic mass is 10.1. The standard InChI is InChI=1S/C12H18FNS/c1-12(2,3)14-8-9-5-6-11(15-4)10(13)7-9/h5-7,14H,8H2,1-4H3. The molecule has 0 heterocycles. The van der Waals surface area contributed by atoms with Gasteiger partial charge in [-0.3, -0.25) is 0 Å². The Hall–Kier alpha value is -0.540. The molecular weight excluding hydrogens is 209 g/mol. The van der Waals surface area contributed by atoms with E-state index in [0.717, 1.165) is 5.56 Å². The number of halogens is 1. The molecule has 0 saturated heterocycles. The first-order valence-corrected chi connectivity index (χ1v) is 6.22. The Kier molecular flexibility index (Phi) is 4.17. The lowest BCUT2D eigenvalue weighted by Crippen LogP contribution is -2.35. The first kappa shape index (κ1) is 12.5. The molecule has 3 heteroatoms. The zero-order chi connectivity index (χ0) is 11.5. The van der Waals surface area contributed by atoms with E-state index in [1.54, 1.807) is 6.07 Å². The van der Waals surface area contributed by atoms with Crippen LogP contribution in [0.15, 0.2) is 23.1 Å². The minimum Gasteiger partial charge on any atom is -0.308 e. The van der Waals surface area contributed by atoms with Crippen LogP contribution >= 0.6 is 11.8 Å². The second kappa shape index (κ2) is 4.99. The highest BCUT2D eigenvalue weighted by atomic mass is 32.2. The fourth-order valence-corrected chi connectivity index (χ4v) is 1.65. The third kappa shape index (κ3) is 4.22. The smallest absolute Gasteiger partial charge is 0.137 e. The van der Waals surface area contributed by atoms with E-state index >= 15 is 0 Å². The van der Waals surface area contributed by atoms with Crippen LogP contribution in [0.3, 0.4) is 0 Å². The highest BCUT2D eigenvalue weighted by Gasteiger charge is 2.09. The summed E-state index contributed by atoms with van der Waals surface area (Å²) >= 11 is 1.43. The highest BCUT2D eigenvalue weighted by molar-refractivity contribution is 7.98. The van der Waals surface area contributed by atoms with Crippen molar-refractivity contribution >= 4 is 11.8 Å². The molecule has 0 saturated carbocycles. The first-order chi connectivity index (χ1) is 6.92. The van der Waals surface area contributed by atoms with Gasteiger partial charge in [0.15, 0.2) is 0 Å². The van der Waals surface area contributed by atoms with Crippen LogP contribution in [0.5, 0.6) is 0 Å². The van der Waals surface area contributed by atoms with Crippen LogP contribution in [0, 0.1) is 5.82 Å². The summed E-state index contributed by atoms with van der Waals surface area (Å²) in [5.41, 5.74) is 1.05. The number of rotatable bonds is 3. The second-order valence-electron chi connectivity index (χ2n) is 4.57. The molecule has 0 radical (unpaired) electrons. The number of nitrogens with one attached hydrogen (secondary N) is 1. The molecule has 0 spiro atoms. The average Bonchev–Trinajstić information content (AvgIpc) is 2.14. The molecule has 84 valence electrons. The van der Waals surface area contributed by atoms with E-state index in [1.165, 1.54) is 11.8 Å². The Morgan fingerprint density at radius 1 is 1.33 bits per heavy atom. The Balaban J connectivity index is 2.68. The molecule has 1 rings (SSSR count). The second-order valence-corrected chi connectivity index (χ2v) is 5.42. The molecule has 1 aromatic rings. The Bertz CT molecular complexity index is 331. The highest BCUT2D eigenvalue weighted by Crippen LogP contribution is 2.20. The molecular formula is C12H18FNS. The van der Waals surface area contributed by atoms with Gasteiger partial charge in [-0.1, -0.05) is 6.07 Å². The first-order valence-electron chi connectivity index (χ1n) is 5.00. The Labute approximate surface area is 95.5 Å². The summed E-state index contributed by atoms with van der Waals surface area (Å²) in [5.74, 6) is -0.129. The normalized spacial score (nSPS) is 11.8. The maximum absolute atomic E-state index is 13.4. The lowest BCUT2D eigenvalue weighted by molar-refractivity contribution is 0.423. The predicted molar refractivity (Wildman–Crippen MR) is 64.8 cm³/mol. The molecule has 1 nitrogen and oxygen atoms in total. The van der Waals surface area contributed by atoms with E-state index in [0.29, 0.717) is 11.4 Å². The predicted octanol–water partition coefficient (Wildman–Crippen LogP) is 3.44. The maximum Gasteiger partial charge on any atom is 0.137 e. The molecule has 0 aliphatic rings. The van der Waals surface area contributed by atoms with Gasteiger partial charge in [-0.05, 0) is 44.7 Å². The Morgan fingerprint density at radius 3 is 2.47 bits per heavy atom. The molecule has 0 aliphatic carbocycles. The topological polar surface area (TPSA) is 12.0 Å². The van der Waals surface area contributed by atoms with Gasteiger partial charge in [0.2, 0.25) is 0 Å². The summed E-state index contributed by atoms with van der Waals surface area (Å²) in [7, 11) is 0. The van der Waals surface area contributed by atoms with Gasteiger partial charge in [0.25, 0.3) is 0 Å². The van der Waals surface area contributed by atoms with E-state index in [1.807, 2.05) is 18.4 Å². The van der Waals surface area contributed by atoms with Crippen molar-refractivity contribution in [1.82, 2.24) is 5.32 Å². The van der Waals surface area contributed by atoms with Gasteiger partial charge in [0.05, 0.1) is 0 Å². The summed E-state index contributed by atoms with van der Waals surface area (Å²) in [6, 6.07) is 5.40. The van der Waals surface area contributed by atoms with Crippen molar-refractivity contribution in [3.63, 3.8) is 0 Å². The molecule has 0 fully saturated rings. The zero-order valence-corrected chi connectivity index (χ0v) is 10.5. The third-order valence-corrected chi connectivity index (χ3v) is 2.81. The number of benzene rings is 1. The van der Waals surface area contributed by atoms with Gasteiger partial charge in [0.1, 0.15) is 5.82 Å². The molecule has 0 aromatic heterocycles. The molecule has 0 aliphatic heterocycles.